The lowest BCUT2D eigenvalue weighted by molar-refractivity contribution is 0.400. The molecule has 0 saturated carbocycles. The summed E-state index contributed by atoms with van der Waals surface area (Å²) >= 11 is 0. The first kappa shape index (κ1) is 8.70. The third-order valence-electron chi connectivity index (χ3n) is 3.09. The van der Waals surface area contributed by atoms with E-state index in [9.17, 15) is 0 Å². The fourth-order valence-corrected chi connectivity index (χ4v) is 2.19. The number of aryl methyl sites for hydroxylation is 1. The SMILES string of the molecule is CC1CCc2cccnc2C1CN. The third kappa shape index (κ3) is 1.46. The van der Waals surface area contributed by atoms with E-state index in [1.807, 2.05) is 12.3 Å². The molecule has 0 saturated heterocycles. The van der Waals surface area contributed by atoms with Gasteiger partial charge >= 0.3 is 0 Å². The molecule has 1 aliphatic rings. The molecule has 2 unspecified atom stereocenters. The van der Waals surface area contributed by atoms with Crippen LogP contribution in [0, 0.1) is 5.92 Å². The Morgan fingerprint density at radius 3 is 3.23 bits per heavy atom. The number of hydrogen-bond donors (Lipinski definition) is 1. The van der Waals surface area contributed by atoms with Crippen LogP contribution in [0.15, 0.2) is 18.3 Å². The predicted molar refractivity (Wildman–Crippen MR) is 53.5 cm³/mol. The summed E-state index contributed by atoms with van der Waals surface area (Å²) in [5.74, 6) is 1.16. The van der Waals surface area contributed by atoms with E-state index >= 15 is 0 Å². The van der Waals surface area contributed by atoms with Gasteiger partial charge in [0.05, 0.1) is 0 Å². The number of rotatable bonds is 1. The largest absolute Gasteiger partial charge is 0.330 e. The standard InChI is InChI=1S/C11H16N2/c1-8-4-5-9-3-2-6-13-11(9)10(8)7-12/h2-3,6,8,10H,4-5,7,12H2,1H3. The van der Waals surface area contributed by atoms with E-state index in [2.05, 4.69) is 18.0 Å². The molecular formula is C11H16N2. The van der Waals surface area contributed by atoms with Gasteiger partial charge in [0.2, 0.25) is 0 Å². The Bertz CT molecular complexity index is 296. The minimum Gasteiger partial charge on any atom is -0.330 e. The summed E-state index contributed by atoms with van der Waals surface area (Å²) in [6, 6.07) is 4.19. The number of hydrogen-bond acceptors (Lipinski definition) is 2. The highest BCUT2D eigenvalue weighted by Gasteiger charge is 2.25. The van der Waals surface area contributed by atoms with Crippen LogP contribution in [0.25, 0.3) is 0 Å². The van der Waals surface area contributed by atoms with E-state index in [0.717, 1.165) is 6.54 Å². The second-order valence-corrected chi connectivity index (χ2v) is 3.91. The summed E-state index contributed by atoms with van der Waals surface area (Å²) in [6.07, 6.45) is 4.29. The second kappa shape index (κ2) is 3.46. The van der Waals surface area contributed by atoms with Crippen molar-refractivity contribution in [3.8, 4) is 0 Å². The number of fused-ring (bicyclic) bond motifs is 1. The van der Waals surface area contributed by atoms with Gasteiger partial charge in [-0.25, -0.2) is 0 Å². The number of pyridine rings is 1. The summed E-state index contributed by atoms with van der Waals surface area (Å²) in [5, 5.41) is 0. The topological polar surface area (TPSA) is 38.9 Å². The van der Waals surface area contributed by atoms with Gasteiger partial charge < -0.3 is 5.73 Å². The van der Waals surface area contributed by atoms with Crippen molar-refractivity contribution < 1.29 is 0 Å². The minimum atomic E-state index is 0.477. The molecule has 2 atom stereocenters. The molecule has 0 aromatic carbocycles. The zero-order valence-electron chi connectivity index (χ0n) is 8.03. The van der Waals surface area contributed by atoms with Crippen LogP contribution in [0.2, 0.25) is 0 Å². The normalized spacial score (nSPS) is 26.9. The van der Waals surface area contributed by atoms with Crippen LogP contribution in [-0.4, -0.2) is 11.5 Å². The van der Waals surface area contributed by atoms with E-state index in [1.165, 1.54) is 24.1 Å². The van der Waals surface area contributed by atoms with Crippen LogP contribution in [0.4, 0.5) is 0 Å². The molecule has 1 aromatic heterocycles. The van der Waals surface area contributed by atoms with Crippen molar-refractivity contribution >= 4 is 0 Å². The van der Waals surface area contributed by atoms with Gasteiger partial charge in [0, 0.05) is 24.4 Å². The van der Waals surface area contributed by atoms with Crippen molar-refractivity contribution in [2.75, 3.05) is 6.54 Å². The average Bonchev–Trinajstić information content (AvgIpc) is 2.18. The Morgan fingerprint density at radius 2 is 2.46 bits per heavy atom. The van der Waals surface area contributed by atoms with Gasteiger partial charge in [0.1, 0.15) is 0 Å². The molecule has 2 heteroatoms. The highest BCUT2D eigenvalue weighted by atomic mass is 14.7. The van der Waals surface area contributed by atoms with E-state index in [4.69, 9.17) is 5.73 Å². The van der Waals surface area contributed by atoms with Crippen LogP contribution < -0.4 is 5.73 Å². The molecule has 0 aliphatic heterocycles. The lowest BCUT2D eigenvalue weighted by Gasteiger charge is -2.29. The van der Waals surface area contributed by atoms with Crippen LogP contribution in [0.3, 0.4) is 0 Å². The lowest BCUT2D eigenvalue weighted by Crippen LogP contribution is -2.26. The summed E-state index contributed by atoms with van der Waals surface area (Å²) < 4.78 is 0. The van der Waals surface area contributed by atoms with Crippen molar-refractivity contribution in [1.29, 1.82) is 0 Å². The number of nitrogens with zero attached hydrogens (tertiary/aromatic N) is 1. The lowest BCUT2D eigenvalue weighted by atomic mass is 9.79. The fraction of sp³-hybridized carbons (Fsp3) is 0.545. The first-order chi connectivity index (χ1) is 6.33. The summed E-state index contributed by atoms with van der Waals surface area (Å²) in [4.78, 5) is 4.44. The van der Waals surface area contributed by atoms with Gasteiger partial charge in [-0.2, -0.15) is 0 Å². The van der Waals surface area contributed by atoms with E-state index < -0.39 is 0 Å². The van der Waals surface area contributed by atoms with Gasteiger partial charge in [-0.1, -0.05) is 13.0 Å². The van der Waals surface area contributed by atoms with Crippen molar-refractivity contribution in [3.05, 3.63) is 29.6 Å². The Balaban J connectivity index is 2.39. The molecule has 0 bridgehead atoms. The van der Waals surface area contributed by atoms with Crippen LogP contribution in [0.5, 0.6) is 0 Å². The van der Waals surface area contributed by atoms with Gasteiger partial charge in [-0.3, -0.25) is 4.98 Å². The molecule has 0 amide bonds. The molecular weight excluding hydrogens is 160 g/mol. The maximum absolute atomic E-state index is 5.77. The van der Waals surface area contributed by atoms with Crippen LogP contribution in [0.1, 0.15) is 30.5 Å². The first-order valence-electron chi connectivity index (χ1n) is 4.96. The van der Waals surface area contributed by atoms with Crippen molar-refractivity contribution in [2.45, 2.75) is 25.7 Å². The molecule has 0 fully saturated rings. The van der Waals surface area contributed by atoms with Gasteiger partial charge in [0.25, 0.3) is 0 Å². The summed E-state index contributed by atoms with van der Waals surface area (Å²) in [6.45, 7) is 3.00. The second-order valence-electron chi connectivity index (χ2n) is 3.91. The molecule has 70 valence electrons. The molecule has 2 nitrogen and oxygen atoms in total. The molecule has 1 aromatic rings. The minimum absolute atomic E-state index is 0.477. The molecule has 2 rings (SSSR count). The Labute approximate surface area is 79.2 Å². The maximum Gasteiger partial charge on any atom is 0.0481 e. The molecule has 1 heterocycles. The zero-order valence-corrected chi connectivity index (χ0v) is 8.03. The zero-order chi connectivity index (χ0) is 9.26. The molecule has 0 spiro atoms. The number of nitrogens with two attached hydrogens (primary N) is 1. The smallest absolute Gasteiger partial charge is 0.0481 e. The quantitative estimate of drug-likeness (QED) is 0.707. The van der Waals surface area contributed by atoms with Gasteiger partial charge in [0.15, 0.2) is 0 Å². The molecule has 13 heavy (non-hydrogen) atoms. The third-order valence-corrected chi connectivity index (χ3v) is 3.09. The fourth-order valence-electron chi connectivity index (χ4n) is 2.19. The predicted octanol–water partition coefficient (Wildman–Crippen LogP) is 1.71. The molecule has 0 radical (unpaired) electrons. The van der Waals surface area contributed by atoms with Crippen molar-refractivity contribution in [3.63, 3.8) is 0 Å². The van der Waals surface area contributed by atoms with Crippen LogP contribution >= 0.6 is 0 Å². The monoisotopic (exact) mass is 176 g/mol. The van der Waals surface area contributed by atoms with E-state index in [-0.39, 0.29) is 0 Å². The maximum atomic E-state index is 5.77. The Kier molecular flexibility index (Phi) is 2.32. The average molecular weight is 176 g/mol. The van der Waals surface area contributed by atoms with Gasteiger partial charge in [-0.05, 0) is 30.4 Å². The molecule has 1 aliphatic carbocycles. The van der Waals surface area contributed by atoms with Crippen molar-refractivity contribution in [1.82, 2.24) is 4.98 Å². The van der Waals surface area contributed by atoms with Crippen LogP contribution in [-0.2, 0) is 6.42 Å². The number of aromatic nitrogens is 1. The molecule has 2 N–H and O–H groups in total. The Hall–Kier alpha value is -0.890. The van der Waals surface area contributed by atoms with Crippen molar-refractivity contribution in [2.24, 2.45) is 11.7 Å². The first-order valence-corrected chi connectivity index (χ1v) is 4.96. The highest BCUT2D eigenvalue weighted by Crippen LogP contribution is 2.33. The Morgan fingerprint density at radius 1 is 1.62 bits per heavy atom. The summed E-state index contributed by atoms with van der Waals surface area (Å²) in [5.41, 5.74) is 8.41. The van der Waals surface area contributed by atoms with E-state index in [1.54, 1.807) is 0 Å². The highest BCUT2D eigenvalue weighted by molar-refractivity contribution is 5.27. The van der Waals surface area contributed by atoms with Gasteiger partial charge in [-0.15, -0.1) is 0 Å². The van der Waals surface area contributed by atoms with E-state index in [0.29, 0.717) is 11.8 Å². The summed E-state index contributed by atoms with van der Waals surface area (Å²) in [7, 11) is 0.